The smallest absolute Gasteiger partial charge is 0.226 e. The number of thiazole rings is 1. The first-order valence-corrected chi connectivity index (χ1v) is 6.33. The molecule has 1 N–H and O–H groups in total. The summed E-state index contributed by atoms with van der Waals surface area (Å²) in [5.41, 5.74) is 1.87. The van der Waals surface area contributed by atoms with Crippen molar-refractivity contribution < 1.29 is 4.79 Å². The molecule has 0 aliphatic heterocycles. The van der Waals surface area contributed by atoms with Crippen LogP contribution in [0.25, 0.3) is 11.3 Å². The number of anilines is 1. The maximum atomic E-state index is 11.4. The molecule has 88 valence electrons. The number of pyridine rings is 1. The van der Waals surface area contributed by atoms with Gasteiger partial charge in [-0.3, -0.25) is 9.78 Å². The first kappa shape index (κ1) is 11.7. The average Bonchev–Trinajstić information content (AvgIpc) is 2.79. The molecule has 17 heavy (non-hydrogen) atoms. The SMILES string of the molecule is CCCC(=O)Nc1nc(-c2ccncc2)cs1. The fourth-order valence-electron chi connectivity index (χ4n) is 1.40. The van der Waals surface area contributed by atoms with Gasteiger partial charge in [-0.1, -0.05) is 6.92 Å². The highest BCUT2D eigenvalue weighted by atomic mass is 32.1. The van der Waals surface area contributed by atoms with Gasteiger partial charge in [0, 0.05) is 29.8 Å². The molecule has 0 aliphatic rings. The van der Waals surface area contributed by atoms with E-state index in [9.17, 15) is 4.79 Å². The topological polar surface area (TPSA) is 54.9 Å². The van der Waals surface area contributed by atoms with Gasteiger partial charge in [0.2, 0.25) is 5.91 Å². The molecule has 1 amide bonds. The minimum atomic E-state index is 0.0168. The Labute approximate surface area is 104 Å². The van der Waals surface area contributed by atoms with E-state index in [-0.39, 0.29) is 5.91 Å². The lowest BCUT2D eigenvalue weighted by Gasteiger charge is -1.98. The zero-order valence-corrected chi connectivity index (χ0v) is 10.3. The molecule has 0 spiro atoms. The summed E-state index contributed by atoms with van der Waals surface area (Å²) in [6.45, 7) is 1.98. The highest BCUT2D eigenvalue weighted by molar-refractivity contribution is 7.14. The molecule has 2 aromatic rings. The predicted molar refractivity (Wildman–Crippen MR) is 68.9 cm³/mol. The third kappa shape index (κ3) is 3.10. The number of nitrogens with zero attached hydrogens (tertiary/aromatic N) is 2. The highest BCUT2D eigenvalue weighted by Gasteiger charge is 2.06. The van der Waals surface area contributed by atoms with Crippen molar-refractivity contribution in [3.8, 4) is 11.3 Å². The Bertz CT molecular complexity index is 495. The molecule has 2 rings (SSSR count). The summed E-state index contributed by atoms with van der Waals surface area (Å²) in [5, 5.41) is 5.36. The van der Waals surface area contributed by atoms with Crippen LogP contribution in [0.4, 0.5) is 5.13 Å². The van der Waals surface area contributed by atoms with Crippen LogP contribution in [0.3, 0.4) is 0 Å². The van der Waals surface area contributed by atoms with Crippen molar-refractivity contribution in [2.75, 3.05) is 5.32 Å². The monoisotopic (exact) mass is 247 g/mol. The number of carbonyl (C=O) groups excluding carboxylic acids is 1. The maximum Gasteiger partial charge on any atom is 0.226 e. The van der Waals surface area contributed by atoms with Crippen molar-refractivity contribution in [1.29, 1.82) is 0 Å². The van der Waals surface area contributed by atoms with Crippen LogP contribution in [0.5, 0.6) is 0 Å². The minimum Gasteiger partial charge on any atom is -0.302 e. The zero-order valence-electron chi connectivity index (χ0n) is 9.51. The van der Waals surface area contributed by atoms with Crippen LogP contribution in [0.2, 0.25) is 0 Å². The Balaban J connectivity index is 2.09. The first-order chi connectivity index (χ1) is 8.29. The van der Waals surface area contributed by atoms with Gasteiger partial charge in [-0.25, -0.2) is 4.98 Å². The zero-order chi connectivity index (χ0) is 12.1. The molecular weight excluding hydrogens is 234 g/mol. The van der Waals surface area contributed by atoms with Gasteiger partial charge in [0.1, 0.15) is 0 Å². The van der Waals surface area contributed by atoms with Crippen molar-refractivity contribution in [2.45, 2.75) is 19.8 Å². The minimum absolute atomic E-state index is 0.0168. The molecule has 0 aromatic carbocycles. The van der Waals surface area contributed by atoms with Crippen LogP contribution >= 0.6 is 11.3 Å². The molecule has 2 heterocycles. The van der Waals surface area contributed by atoms with Gasteiger partial charge in [-0.05, 0) is 18.6 Å². The number of carbonyl (C=O) groups is 1. The fourth-order valence-corrected chi connectivity index (χ4v) is 2.13. The predicted octanol–water partition coefficient (Wildman–Crippen LogP) is 2.94. The summed E-state index contributed by atoms with van der Waals surface area (Å²) in [7, 11) is 0. The fraction of sp³-hybridized carbons (Fsp3) is 0.250. The molecule has 5 heteroatoms. The van der Waals surface area contributed by atoms with Crippen LogP contribution in [0.15, 0.2) is 29.9 Å². The van der Waals surface area contributed by atoms with Crippen molar-refractivity contribution >= 4 is 22.4 Å². The summed E-state index contributed by atoms with van der Waals surface area (Å²) in [6, 6.07) is 3.79. The van der Waals surface area contributed by atoms with E-state index in [1.807, 2.05) is 24.4 Å². The third-order valence-electron chi connectivity index (χ3n) is 2.20. The van der Waals surface area contributed by atoms with E-state index < -0.39 is 0 Å². The summed E-state index contributed by atoms with van der Waals surface area (Å²) in [5.74, 6) is 0.0168. The number of aromatic nitrogens is 2. The van der Waals surface area contributed by atoms with E-state index in [2.05, 4.69) is 15.3 Å². The van der Waals surface area contributed by atoms with E-state index in [1.165, 1.54) is 11.3 Å². The second-order valence-electron chi connectivity index (χ2n) is 3.57. The van der Waals surface area contributed by atoms with E-state index in [0.717, 1.165) is 17.7 Å². The quantitative estimate of drug-likeness (QED) is 0.903. The Morgan fingerprint density at radius 1 is 1.41 bits per heavy atom. The van der Waals surface area contributed by atoms with Gasteiger partial charge in [-0.15, -0.1) is 11.3 Å². The Kier molecular flexibility index (Phi) is 3.82. The first-order valence-electron chi connectivity index (χ1n) is 5.45. The second kappa shape index (κ2) is 5.54. The molecule has 0 fully saturated rings. The summed E-state index contributed by atoms with van der Waals surface area (Å²) in [6.07, 6.45) is 4.83. The van der Waals surface area contributed by atoms with E-state index in [0.29, 0.717) is 11.6 Å². The largest absolute Gasteiger partial charge is 0.302 e. The summed E-state index contributed by atoms with van der Waals surface area (Å²) < 4.78 is 0. The number of hydrogen-bond donors (Lipinski definition) is 1. The van der Waals surface area contributed by atoms with Crippen molar-refractivity contribution in [3.05, 3.63) is 29.9 Å². The van der Waals surface area contributed by atoms with Crippen molar-refractivity contribution in [2.24, 2.45) is 0 Å². The van der Waals surface area contributed by atoms with Crippen molar-refractivity contribution in [1.82, 2.24) is 9.97 Å². The lowest BCUT2D eigenvalue weighted by atomic mass is 10.2. The molecule has 0 unspecified atom stereocenters. The summed E-state index contributed by atoms with van der Waals surface area (Å²) >= 11 is 1.44. The van der Waals surface area contributed by atoms with Crippen LogP contribution in [0.1, 0.15) is 19.8 Å². The maximum absolute atomic E-state index is 11.4. The number of amides is 1. The molecule has 0 atom stereocenters. The molecule has 0 saturated heterocycles. The Morgan fingerprint density at radius 2 is 2.18 bits per heavy atom. The molecule has 0 aliphatic carbocycles. The normalized spacial score (nSPS) is 10.2. The molecule has 0 saturated carbocycles. The number of nitrogens with one attached hydrogen (secondary N) is 1. The van der Waals surface area contributed by atoms with Gasteiger partial charge in [0.25, 0.3) is 0 Å². The van der Waals surface area contributed by atoms with Crippen LogP contribution in [0, 0.1) is 0 Å². The Morgan fingerprint density at radius 3 is 2.88 bits per heavy atom. The Hall–Kier alpha value is -1.75. The summed E-state index contributed by atoms with van der Waals surface area (Å²) in [4.78, 5) is 19.7. The van der Waals surface area contributed by atoms with E-state index in [1.54, 1.807) is 12.4 Å². The lowest BCUT2D eigenvalue weighted by Crippen LogP contribution is -2.10. The van der Waals surface area contributed by atoms with E-state index in [4.69, 9.17) is 0 Å². The van der Waals surface area contributed by atoms with Gasteiger partial charge < -0.3 is 5.32 Å². The number of rotatable bonds is 4. The standard InChI is InChI=1S/C12H13N3OS/c1-2-3-11(16)15-12-14-10(8-17-12)9-4-6-13-7-5-9/h4-8H,2-3H2,1H3,(H,14,15,16). The molecular formula is C12H13N3OS. The number of hydrogen-bond acceptors (Lipinski definition) is 4. The molecule has 2 aromatic heterocycles. The highest BCUT2D eigenvalue weighted by Crippen LogP contribution is 2.24. The molecule has 0 bridgehead atoms. The van der Waals surface area contributed by atoms with Crippen LogP contribution < -0.4 is 5.32 Å². The second-order valence-corrected chi connectivity index (χ2v) is 4.43. The van der Waals surface area contributed by atoms with Gasteiger partial charge in [0.15, 0.2) is 5.13 Å². The lowest BCUT2D eigenvalue weighted by molar-refractivity contribution is -0.116. The average molecular weight is 247 g/mol. The van der Waals surface area contributed by atoms with Gasteiger partial charge in [0.05, 0.1) is 5.69 Å². The van der Waals surface area contributed by atoms with Gasteiger partial charge in [-0.2, -0.15) is 0 Å². The van der Waals surface area contributed by atoms with Crippen molar-refractivity contribution in [3.63, 3.8) is 0 Å². The third-order valence-corrected chi connectivity index (χ3v) is 2.96. The van der Waals surface area contributed by atoms with Crippen LogP contribution in [-0.2, 0) is 4.79 Å². The van der Waals surface area contributed by atoms with Gasteiger partial charge >= 0.3 is 0 Å². The molecule has 0 radical (unpaired) electrons. The van der Waals surface area contributed by atoms with Crippen LogP contribution in [-0.4, -0.2) is 15.9 Å². The van der Waals surface area contributed by atoms with E-state index >= 15 is 0 Å². The molecule has 4 nitrogen and oxygen atoms in total.